The number of benzene rings is 1. The minimum absolute atomic E-state index is 1.37. The summed E-state index contributed by atoms with van der Waals surface area (Å²) < 4.78 is 0. The minimum atomic E-state index is 1.37. The quantitative estimate of drug-likeness (QED) is 0.585. The molecule has 0 heterocycles. The molecule has 0 N–H and O–H groups in total. The summed E-state index contributed by atoms with van der Waals surface area (Å²) in [7, 11) is 0. The fourth-order valence-corrected chi connectivity index (χ4v) is 0.663. The molecule has 1 aromatic rings. The lowest BCUT2D eigenvalue weighted by molar-refractivity contribution is 1.34. The number of rotatable bonds is 0. The van der Waals surface area contributed by atoms with Gasteiger partial charge < -0.3 is 0 Å². The van der Waals surface area contributed by atoms with Crippen LogP contribution in [0, 0.1) is 37.5 Å². The second kappa shape index (κ2) is 9.20. The Morgan fingerprint density at radius 3 is 1.25 bits per heavy atom. The fraction of sp³-hybridized carbons (Fsp3) is 0.200. The molecule has 2 heteroatoms. The van der Waals surface area contributed by atoms with Crippen molar-refractivity contribution in [2.45, 2.75) is 13.8 Å². The third-order valence-corrected chi connectivity index (χ3v) is 1.43. The van der Waals surface area contributed by atoms with E-state index >= 15 is 0 Å². The van der Waals surface area contributed by atoms with Crippen molar-refractivity contribution in [3.05, 3.63) is 35.4 Å². The minimum Gasteiger partial charge on any atom is -0.202 e. The summed E-state index contributed by atoms with van der Waals surface area (Å²) in [4.78, 5) is 0. The van der Waals surface area contributed by atoms with Crippen LogP contribution >= 0.6 is 0 Å². The molecule has 1 aromatic carbocycles. The molecular weight excluding hydrogens is 148 g/mol. The molecule has 1 rings (SSSR count). The van der Waals surface area contributed by atoms with Crippen LogP contribution in [0.3, 0.4) is 0 Å². The molecule has 0 spiro atoms. The molecule has 0 atom stereocenters. The molecular formula is C10H12N2. The topological polar surface area (TPSA) is 47.6 Å². The number of aryl methyl sites for hydroxylation is 2. The van der Waals surface area contributed by atoms with Gasteiger partial charge >= 0.3 is 0 Å². The Morgan fingerprint density at radius 1 is 0.833 bits per heavy atom. The maximum absolute atomic E-state index is 6.50. The van der Waals surface area contributed by atoms with E-state index in [1.54, 1.807) is 0 Å². The van der Waals surface area contributed by atoms with Gasteiger partial charge in [-0.05, 0) is 25.0 Å². The molecule has 0 saturated heterocycles. The van der Waals surface area contributed by atoms with Crippen molar-refractivity contribution in [3.8, 4) is 13.1 Å². The summed E-state index contributed by atoms with van der Waals surface area (Å²) in [6.45, 7) is 11.2. The molecule has 0 amide bonds. The van der Waals surface area contributed by atoms with Gasteiger partial charge in [0.1, 0.15) is 0 Å². The van der Waals surface area contributed by atoms with Gasteiger partial charge in [0.25, 0.3) is 0 Å². The second-order valence-corrected chi connectivity index (χ2v) is 2.08. The van der Waals surface area contributed by atoms with Gasteiger partial charge in [0.05, 0.1) is 0 Å². The van der Waals surface area contributed by atoms with Gasteiger partial charge in [0.15, 0.2) is 0 Å². The summed E-state index contributed by atoms with van der Waals surface area (Å²) in [5.41, 5.74) is 2.74. The second-order valence-electron chi connectivity index (χ2n) is 2.08. The molecule has 0 fully saturated rings. The van der Waals surface area contributed by atoms with Crippen molar-refractivity contribution >= 4 is 0 Å². The van der Waals surface area contributed by atoms with E-state index in [0.717, 1.165) is 0 Å². The van der Waals surface area contributed by atoms with E-state index in [1.165, 1.54) is 11.1 Å². The summed E-state index contributed by atoms with van der Waals surface area (Å²) >= 11 is 0. The van der Waals surface area contributed by atoms with Crippen LogP contribution in [-0.4, -0.2) is 0 Å². The lowest BCUT2D eigenvalue weighted by Crippen LogP contribution is -1.74. The molecule has 0 radical (unpaired) electrons. The number of nitriles is 2. The van der Waals surface area contributed by atoms with Crippen LogP contribution in [0.4, 0.5) is 0 Å². The van der Waals surface area contributed by atoms with Crippen LogP contribution in [0.5, 0.6) is 0 Å². The van der Waals surface area contributed by atoms with Crippen LogP contribution in [0.25, 0.3) is 0 Å². The number of nitrogens with zero attached hydrogens (tertiary/aromatic N) is 2. The zero-order chi connectivity index (χ0) is 9.98. The summed E-state index contributed by atoms with van der Waals surface area (Å²) in [6.07, 6.45) is 0. The van der Waals surface area contributed by atoms with Crippen molar-refractivity contribution in [1.29, 1.82) is 10.5 Å². The summed E-state index contributed by atoms with van der Waals surface area (Å²) in [5.74, 6) is 0. The zero-order valence-electron chi connectivity index (χ0n) is 7.36. The predicted molar refractivity (Wildman–Crippen MR) is 49.3 cm³/mol. The van der Waals surface area contributed by atoms with Gasteiger partial charge in [0, 0.05) is 13.1 Å². The Morgan fingerprint density at radius 2 is 1.08 bits per heavy atom. The van der Waals surface area contributed by atoms with Crippen molar-refractivity contribution in [2.75, 3.05) is 0 Å². The predicted octanol–water partition coefficient (Wildman–Crippen LogP) is 2.58. The van der Waals surface area contributed by atoms with Gasteiger partial charge in [-0.3, -0.25) is 0 Å². The third kappa shape index (κ3) is 5.02. The van der Waals surface area contributed by atoms with Gasteiger partial charge in [0.2, 0.25) is 0 Å². The SMILES string of the molecule is C#N.C#N.Cc1ccccc1C. The van der Waals surface area contributed by atoms with Crippen LogP contribution in [0.2, 0.25) is 0 Å². The summed E-state index contributed by atoms with van der Waals surface area (Å²) in [5, 5.41) is 13.0. The molecule has 0 aromatic heterocycles. The van der Waals surface area contributed by atoms with Gasteiger partial charge in [-0.2, -0.15) is 0 Å². The standard InChI is InChI=1S/C8H10.2CHN/c1-7-5-3-4-6-8(7)2;2*1-2/h3-6H,1-2H3;2*1H. The largest absolute Gasteiger partial charge is 0.202 e. The van der Waals surface area contributed by atoms with E-state index in [1.807, 2.05) is 0 Å². The van der Waals surface area contributed by atoms with Crippen molar-refractivity contribution < 1.29 is 0 Å². The Labute approximate surface area is 73.7 Å². The smallest absolute Gasteiger partial charge is 0.0462 e. The molecule has 12 heavy (non-hydrogen) atoms. The van der Waals surface area contributed by atoms with Crippen LogP contribution in [-0.2, 0) is 0 Å². The van der Waals surface area contributed by atoms with Crippen molar-refractivity contribution in [2.24, 2.45) is 0 Å². The van der Waals surface area contributed by atoms with Crippen LogP contribution < -0.4 is 0 Å². The average molecular weight is 160 g/mol. The molecule has 0 bridgehead atoms. The lowest BCUT2D eigenvalue weighted by atomic mass is 10.1. The van der Waals surface area contributed by atoms with Gasteiger partial charge in [-0.1, -0.05) is 24.3 Å². The first-order chi connectivity index (χ1) is 5.80. The first kappa shape index (κ1) is 12.8. The molecule has 0 aliphatic carbocycles. The highest BCUT2D eigenvalue weighted by Crippen LogP contribution is 2.02. The summed E-state index contributed by atoms with van der Waals surface area (Å²) in [6, 6.07) is 8.36. The lowest BCUT2D eigenvalue weighted by Gasteiger charge is -1.93. The molecule has 0 saturated carbocycles. The van der Waals surface area contributed by atoms with Crippen molar-refractivity contribution in [3.63, 3.8) is 0 Å². The molecule has 0 aliphatic heterocycles. The average Bonchev–Trinajstić information content (AvgIpc) is 2.17. The van der Waals surface area contributed by atoms with E-state index in [2.05, 4.69) is 51.3 Å². The maximum Gasteiger partial charge on any atom is 0.0462 e. The Balaban J connectivity index is 0. The van der Waals surface area contributed by atoms with Crippen LogP contribution in [0.15, 0.2) is 24.3 Å². The van der Waals surface area contributed by atoms with E-state index in [9.17, 15) is 0 Å². The highest BCUT2D eigenvalue weighted by atomic mass is 14.2. The van der Waals surface area contributed by atoms with E-state index in [4.69, 9.17) is 10.5 Å². The first-order valence-electron chi connectivity index (χ1n) is 3.34. The zero-order valence-corrected chi connectivity index (χ0v) is 7.36. The normalized spacial score (nSPS) is 6.50. The monoisotopic (exact) mass is 160 g/mol. The number of hydrogen-bond acceptors (Lipinski definition) is 2. The Kier molecular flexibility index (Phi) is 9.84. The Hall–Kier alpha value is -1.80. The van der Waals surface area contributed by atoms with Crippen LogP contribution in [0.1, 0.15) is 11.1 Å². The maximum atomic E-state index is 6.50. The highest BCUT2D eigenvalue weighted by Gasteiger charge is 1.83. The van der Waals surface area contributed by atoms with Gasteiger partial charge in [-0.25, -0.2) is 10.5 Å². The third-order valence-electron chi connectivity index (χ3n) is 1.43. The van der Waals surface area contributed by atoms with E-state index in [0.29, 0.717) is 0 Å². The number of hydrogen-bond donors (Lipinski definition) is 0. The molecule has 0 aliphatic rings. The molecule has 2 nitrogen and oxygen atoms in total. The van der Waals surface area contributed by atoms with Crippen molar-refractivity contribution in [1.82, 2.24) is 0 Å². The molecule has 0 unspecified atom stereocenters. The fourth-order valence-electron chi connectivity index (χ4n) is 0.663. The van der Waals surface area contributed by atoms with Gasteiger partial charge in [-0.15, -0.1) is 0 Å². The highest BCUT2D eigenvalue weighted by molar-refractivity contribution is 5.23. The Bertz CT molecular complexity index is 221. The van der Waals surface area contributed by atoms with E-state index < -0.39 is 0 Å². The molecule has 62 valence electrons. The van der Waals surface area contributed by atoms with E-state index in [-0.39, 0.29) is 0 Å². The first-order valence-corrected chi connectivity index (χ1v) is 3.34.